The Hall–Kier alpha value is -1.48. The second-order valence-electron chi connectivity index (χ2n) is 4.44. The van der Waals surface area contributed by atoms with Gasteiger partial charge in [-0.05, 0) is 29.7 Å². The number of sulfonamides is 1. The van der Waals surface area contributed by atoms with E-state index < -0.39 is 10.0 Å². The summed E-state index contributed by atoms with van der Waals surface area (Å²) < 4.78 is 27.5. The van der Waals surface area contributed by atoms with Crippen molar-refractivity contribution in [2.24, 2.45) is 0 Å². The van der Waals surface area contributed by atoms with Gasteiger partial charge in [-0.1, -0.05) is 11.6 Å². The van der Waals surface area contributed by atoms with Crippen LogP contribution in [0.4, 0.5) is 0 Å². The van der Waals surface area contributed by atoms with E-state index in [2.05, 4.69) is 15.2 Å². The van der Waals surface area contributed by atoms with E-state index in [4.69, 9.17) is 11.6 Å². The molecule has 110 valence electrons. The third-order valence-electron chi connectivity index (χ3n) is 2.96. The maximum Gasteiger partial charge on any atom is 0.252 e. The third-order valence-corrected chi connectivity index (χ3v) is 6.56. The van der Waals surface area contributed by atoms with Crippen LogP contribution >= 0.6 is 22.9 Å². The first-order valence-electron chi connectivity index (χ1n) is 5.96. The minimum atomic E-state index is -3.57. The molecule has 0 saturated carbocycles. The molecule has 0 atom stereocenters. The van der Waals surface area contributed by atoms with Crippen LogP contribution < -0.4 is 0 Å². The van der Waals surface area contributed by atoms with Crippen molar-refractivity contribution in [1.82, 2.24) is 19.5 Å². The second-order valence-corrected chi connectivity index (χ2v) is 8.23. The van der Waals surface area contributed by atoms with Gasteiger partial charge in [-0.2, -0.15) is 9.40 Å². The molecule has 0 amide bonds. The first kappa shape index (κ1) is 14.5. The number of nitrogens with one attached hydrogen (secondary N) is 1. The SMILES string of the molecule is CN(Cc1ncn[nH]1)S(=O)(=O)c1cc2cc(Cl)ccc2s1. The van der Waals surface area contributed by atoms with Crippen LogP contribution in [-0.2, 0) is 16.6 Å². The molecule has 0 fully saturated rings. The summed E-state index contributed by atoms with van der Waals surface area (Å²) >= 11 is 7.14. The number of aromatic amines is 1. The predicted molar refractivity (Wildman–Crippen MR) is 81.9 cm³/mol. The number of hydrogen-bond acceptors (Lipinski definition) is 5. The number of thiophene rings is 1. The second kappa shape index (κ2) is 5.38. The van der Waals surface area contributed by atoms with Gasteiger partial charge in [0.15, 0.2) is 0 Å². The Morgan fingerprint density at radius 2 is 2.19 bits per heavy atom. The van der Waals surface area contributed by atoms with Gasteiger partial charge in [0, 0.05) is 16.8 Å². The molecule has 1 N–H and O–H groups in total. The maximum atomic E-state index is 12.6. The fourth-order valence-electron chi connectivity index (χ4n) is 1.87. The number of fused-ring (bicyclic) bond motifs is 1. The van der Waals surface area contributed by atoms with E-state index in [1.54, 1.807) is 18.2 Å². The van der Waals surface area contributed by atoms with E-state index in [1.165, 1.54) is 29.0 Å². The summed E-state index contributed by atoms with van der Waals surface area (Å²) in [4.78, 5) is 3.93. The fourth-order valence-corrected chi connectivity index (χ4v) is 4.78. The van der Waals surface area contributed by atoms with E-state index in [9.17, 15) is 8.42 Å². The Labute approximate surface area is 130 Å². The minimum absolute atomic E-state index is 0.136. The first-order valence-corrected chi connectivity index (χ1v) is 8.60. The molecule has 21 heavy (non-hydrogen) atoms. The molecule has 0 spiro atoms. The van der Waals surface area contributed by atoms with Gasteiger partial charge in [0.1, 0.15) is 16.4 Å². The Morgan fingerprint density at radius 3 is 2.90 bits per heavy atom. The van der Waals surface area contributed by atoms with E-state index in [0.29, 0.717) is 10.8 Å². The summed E-state index contributed by atoms with van der Waals surface area (Å²) in [5.41, 5.74) is 0. The maximum absolute atomic E-state index is 12.6. The van der Waals surface area contributed by atoms with Crippen LogP contribution in [0.2, 0.25) is 5.02 Å². The number of benzene rings is 1. The van der Waals surface area contributed by atoms with Gasteiger partial charge in [-0.3, -0.25) is 5.10 Å². The zero-order valence-electron chi connectivity index (χ0n) is 10.9. The molecule has 0 saturated heterocycles. The molecule has 0 aliphatic carbocycles. The van der Waals surface area contributed by atoms with Crippen LogP contribution in [-0.4, -0.2) is 35.0 Å². The molecule has 0 radical (unpaired) electrons. The number of H-pyrrole nitrogens is 1. The third kappa shape index (κ3) is 2.80. The van der Waals surface area contributed by atoms with Crippen LogP contribution in [0.3, 0.4) is 0 Å². The molecule has 2 aromatic heterocycles. The van der Waals surface area contributed by atoms with Crippen molar-refractivity contribution in [2.45, 2.75) is 10.8 Å². The van der Waals surface area contributed by atoms with Gasteiger partial charge in [0.2, 0.25) is 0 Å². The molecule has 0 unspecified atom stereocenters. The number of halogens is 1. The molecular weight excluding hydrogens is 332 g/mol. The zero-order valence-corrected chi connectivity index (χ0v) is 13.3. The summed E-state index contributed by atoms with van der Waals surface area (Å²) in [5.74, 6) is 0.491. The van der Waals surface area contributed by atoms with Crippen molar-refractivity contribution in [1.29, 1.82) is 0 Å². The van der Waals surface area contributed by atoms with Gasteiger partial charge < -0.3 is 0 Å². The van der Waals surface area contributed by atoms with Crippen LogP contribution in [0.25, 0.3) is 10.1 Å². The number of nitrogens with zero attached hydrogens (tertiary/aromatic N) is 3. The molecule has 1 aromatic carbocycles. The van der Waals surface area contributed by atoms with Crippen molar-refractivity contribution in [2.75, 3.05) is 7.05 Å². The van der Waals surface area contributed by atoms with Crippen molar-refractivity contribution >= 4 is 43.0 Å². The smallest absolute Gasteiger partial charge is 0.252 e. The summed E-state index contributed by atoms with van der Waals surface area (Å²) in [6, 6.07) is 6.95. The lowest BCUT2D eigenvalue weighted by Crippen LogP contribution is -2.26. The lowest BCUT2D eigenvalue weighted by molar-refractivity contribution is 0.459. The van der Waals surface area contributed by atoms with E-state index in [1.807, 2.05) is 6.07 Å². The molecule has 0 aliphatic heterocycles. The minimum Gasteiger partial charge on any atom is -0.262 e. The van der Waals surface area contributed by atoms with Gasteiger partial charge in [-0.15, -0.1) is 11.3 Å². The highest BCUT2D eigenvalue weighted by Gasteiger charge is 2.24. The van der Waals surface area contributed by atoms with Gasteiger partial charge in [0.05, 0.1) is 6.54 Å². The Bertz CT molecular complexity index is 874. The standard InChI is InChI=1S/C12H11ClN4O2S2/c1-17(6-11-14-7-15-16-11)21(18,19)12-5-8-4-9(13)2-3-10(8)20-12/h2-5,7H,6H2,1H3,(H,14,15,16). The Kier molecular flexibility index (Phi) is 3.70. The van der Waals surface area contributed by atoms with Crippen LogP contribution in [0.5, 0.6) is 0 Å². The Balaban J connectivity index is 1.95. The van der Waals surface area contributed by atoms with Gasteiger partial charge in [0.25, 0.3) is 10.0 Å². The summed E-state index contributed by atoms with van der Waals surface area (Å²) in [6.45, 7) is 0.136. The molecule has 0 bridgehead atoms. The first-order chi connectivity index (χ1) is 9.96. The number of aromatic nitrogens is 3. The fraction of sp³-hybridized carbons (Fsp3) is 0.167. The zero-order chi connectivity index (χ0) is 15.0. The molecule has 2 heterocycles. The van der Waals surface area contributed by atoms with Crippen molar-refractivity contribution < 1.29 is 8.42 Å². The molecule has 3 aromatic rings. The van der Waals surface area contributed by atoms with Gasteiger partial charge in [-0.25, -0.2) is 13.4 Å². The average molecular weight is 343 g/mol. The number of rotatable bonds is 4. The predicted octanol–water partition coefficient (Wildman–Crippen LogP) is 2.49. The molecule has 6 nitrogen and oxygen atoms in total. The van der Waals surface area contributed by atoms with E-state index in [0.717, 1.165) is 10.1 Å². The molecule has 3 rings (SSSR count). The van der Waals surface area contributed by atoms with Crippen molar-refractivity contribution in [3.05, 3.63) is 41.4 Å². The molecular formula is C12H11ClN4O2S2. The highest BCUT2D eigenvalue weighted by Crippen LogP contribution is 2.32. The highest BCUT2D eigenvalue weighted by molar-refractivity contribution is 7.91. The topological polar surface area (TPSA) is 79.0 Å². The molecule has 0 aliphatic rings. The largest absolute Gasteiger partial charge is 0.262 e. The van der Waals surface area contributed by atoms with Gasteiger partial charge >= 0.3 is 0 Å². The quantitative estimate of drug-likeness (QED) is 0.790. The summed E-state index contributed by atoms with van der Waals surface area (Å²) in [5, 5.41) is 7.75. The lowest BCUT2D eigenvalue weighted by Gasteiger charge is -2.13. The molecule has 9 heteroatoms. The Morgan fingerprint density at radius 1 is 1.38 bits per heavy atom. The van der Waals surface area contributed by atoms with Crippen LogP contribution in [0, 0.1) is 0 Å². The van der Waals surface area contributed by atoms with E-state index in [-0.39, 0.29) is 10.8 Å². The lowest BCUT2D eigenvalue weighted by atomic mass is 10.3. The monoisotopic (exact) mass is 342 g/mol. The average Bonchev–Trinajstić information content (AvgIpc) is 3.07. The van der Waals surface area contributed by atoms with Crippen molar-refractivity contribution in [3.8, 4) is 0 Å². The van der Waals surface area contributed by atoms with Crippen molar-refractivity contribution in [3.63, 3.8) is 0 Å². The summed E-state index contributed by atoms with van der Waals surface area (Å²) in [6.07, 6.45) is 1.34. The van der Waals surface area contributed by atoms with Crippen LogP contribution in [0.1, 0.15) is 5.82 Å². The highest BCUT2D eigenvalue weighted by atomic mass is 35.5. The number of hydrogen-bond donors (Lipinski definition) is 1. The van der Waals surface area contributed by atoms with E-state index >= 15 is 0 Å². The van der Waals surface area contributed by atoms with Crippen LogP contribution in [0.15, 0.2) is 34.8 Å². The normalized spacial score (nSPS) is 12.3. The summed E-state index contributed by atoms with van der Waals surface area (Å²) in [7, 11) is -2.06.